The van der Waals surface area contributed by atoms with E-state index in [-0.39, 0.29) is 12.5 Å². The Hall–Kier alpha value is -1.85. The molecule has 22 heavy (non-hydrogen) atoms. The molecule has 1 heterocycles. The second-order valence-electron chi connectivity index (χ2n) is 5.04. The number of hydrogen-bond donors (Lipinski definition) is 1. The van der Waals surface area contributed by atoms with Gasteiger partial charge in [0.05, 0.1) is 0 Å². The molecule has 0 bridgehead atoms. The first-order valence-electron chi connectivity index (χ1n) is 6.96. The van der Waals surface area contributed by atoms with Gasteiger partial charge < -0.3 is 10.1 Å². The number of hydrogen-bond acceptors (Lipinski definition) is 4. The van der Waals surface area contributed by atoms with Crippen LogP contribution in [-0.4, -0.2) is 18.5 Å². The molecule has 0 saturated carbocycles. The average Bonchev–Trinajstić information content (AvgIpc) is 3.08. The van der Waals surface area contributed by atoms with E-state index in [1.54, 1.807) is 24.3 Å². The van der Waals surface area contributed by atoms with Gasteiger partial charge in [0, 0.05) is 15.6 Å². The van der Waals surface area contributed by atoms with E-state index in [2.05, 4.69) is 5.32 Å². The van der Waals surface area contributed by atoms with Gasteiger partial charge in [0.15, 0.2) is 6.61 Å². The Balaban J connectivity index is 1.51. The third-order valence-electron chi connectivity index (χ3n) is 3.41. The largest absolute Gasteiger partial charge is 0.451 e. The average molecular weight is 336 g/mol. The van der Waals surface area contributed by atoms with E-state index in [4.69, 9.17) is 16.3 Å². The van der Waals surface area contributed by atoms with Crippen molar-refractivity contribution in [3.8, 4) is 0 Å². The summed E-state index contributed by atoms with van der Waals surface area (Å²) in [7, 11) is 0. The lowest BCUT2D eigenvalue weighted by Crippen LogP contribution is -2.20. The Bertz CT molecular complexity index is 687. The van der Waals surface area contributed by atoms with Crippen LogP contribution in [0.3, 0.4) is 0 Å². The van der Waals surface area contributed by atoms with Crippen LogP contribution in [0.2, 0.25) is 5.02 Å². The highest BCUT2D eigenvalue weighted by Crippen LogP contribution is 2.30. The highest BCUT2D eigenvalue weighted by atomic mass is 35.5. The maximum absolute atomic E-state index is 11.9. The van der Waals surface area contributed by atoms with Crippen LogP contribution >= 0.6 is 22.9 Å². The molecular weight excluding hydrogens is 322 g/mol. The molecule has 4 nitrogen and oxygen atoms in total. The quantitative estimate of drug-likeness (QED) is 0.867. The van der Waals surface area contributed by atoms with Crippen molar-refractivity contribution in [2.45, 2.75) is 19.3 Å². The van der Waals surface area contributed by atoms with E-state index in [1.807, 2.05) is 6.07 Å². The minimum Gasteiger partial charge on any atom is -0.451 e. The standard InChI is InChI=1S/C16H14ClNO3S/c17-11-4-6-12(7-5-11)18-15(19)9-21-16(20)14-8-10-2-1-3-13(10)22-14/h4-8H,1-3,9H2,(H,18,19). The molecule has 0 spiro atoms. The monoisotopic (exact) mass is 335 g/mol. The molecule has 0 atom stereocenters. The molecule has 1 aromatic carbocycles. The maximum Gasteiger partial charge on any atom is 0.348 e. The van der Waals surface area contributed by atoms with Crippen molar-refractivity contribution >= 4 is 40.5 Å². The minimum absolute atomic E-state index is 0.302. The Labute approximate surface area is 137 Å². The van der Waals surface area contributed by atoms with Crippen molar-refractivity contribution in [1.29, 1.82) is 0 Å². The second-order valence-corrected chi connectivity index (χ2v) is 6.62. The third kappa shape index (κ3) is 3.48. The number of amides is 1. The fraction of sp³-hybridized carbons (Fsp3) is 0.250. The topological polar surface area (TPSA) is 55.4 Å². The normalized spacial score (nSPS) is 12.8. The van der Waals surface area contributed by atoms with Crippen LogP contribution in [0.25, 0.3) is 0 Å². The summed E-state index contributed by atoms with van der Waals surface area (Å²) in [5.74, 6) is -0.814. The van der Waals surface area contributed by atoms with Crippen molar-refractivity contribution in [3.63, 3.8) is 0 Å². The zero-order valence-electron chi connectivity index (χ0n) is 11.7. The predicted molar refractivity (Wildman–Crippen MR) is 86.7 cm³/mol. The number of benzene rings is 1. The number of carbonyl (C=O) groups is 2. The van der Waals surface area contributed by atoms with Crippen LogP contribution in [0.1, 0.15) is 26.5 Å². The number of aryl methyl sites for hydroxylation is 2. The summed E-state index contributed by atoms with van der Waals surface area (Å²) in [4.78, 5) is 25.5. The van der Waals surface area contributed by atoms with Crippen LogP contribution in [0, 0.1) is 0 Å². The predicted octanol–water partition coefficient (Wildman–Crippen LogP) is 3.69. The summed E-state index contributed by atoms with van der Waals surface area (Å²) in [6, 6.07) is 8.61. The van der Waals surface area contributed by atoms with Gasteiger partial charge in [-0.3, -0.25) is 4.79 Å². The van der Waals surface area contributed by atoms with Crippen molar-refractivity contribution in [2.24, 2.45) is 0 Å². The zero-order chi connectivity index (χ0) is 15.5. The summed E-state index contributed by atoms with van der Waals surface area (Å²) in [5.41, 5.74) is 1.85. The van der Waals surface area contributed by atoms with Gasteiger partial charge in [0.2, 0.25) is 0 Å². The van der Waals surface area contributed by atoms with Gasteiger partial charge in [-0.2, -0.15) is 0 Å². The van der Waals surface area contributed by atoms with Crippen LogP contribution in [0.15, 0.2) is 30.3 Å². The van der Waals surface area contributed by atoms with E-state index in [1.165, 1.54) is 21.8 Å². The minimum atomic E-state index is -0.439. The van der Waals surface area contributed by atoms with E-state index < -0.39 is 5.97 Å². The molecule has 1 aliphatic rings. The number of rotatable bonds is 4. The molecule has 0 fully saturated rings. The smallest absolute Gasteiger partial charge is 0.348 e. The summed E-state index contributed by atoms with van der Waals surface area (Å²) >= 11 is 7.24. The molecule has 0 radical (unpaired) electrons. The zero-order valence-corrected chi connectivity index (χ0v) is 13.3. The van der Waals surface area contributed by atoms with Gasteiger partial charge in [0.25, 0.3) is 5.91 Å². The Morgan fingerprint density at radius 3 is 2.73 bits per heavy atom. The SMILES string of the molecule is O=C(COC(=O)c1cc2c(s1)CCC2)Nc1ccc(Cl)cc1. The van der Waals surface area contributed by atoms with Crippen molar-refractivity contribution in [1.82, 2.24) is 0 Å². The van der Waals surface area contributed by atoms with Crippen LogP contribution in [-0.2, 0) is 22.4 Å². The molecule has 6 heteroatoms. The maximum atomic E-state index is 11.9. The van der Waals surface area contributed by atoms with Crippen LogP contribution in [0.4, 0.5) is 5.69 Å². The summed E-state index contributed by atoms with van der Waals surface area (Å²) in [6.07, 6.45) is 3.21. The Morgan fingerprint density at radius 2 is 2.00 bits per heavy atom. The number of carbonyl (C=O) groups excluding carboxylic acids is 2. The summed E-state index contributed by atoms with van der Waals surface area (Å²) < 4.78 is 5.06. The van der Waals surface area contributed by atoms with E-state index in [0.29, 0.717) is 15.6 Å². The number of nitrogens with one attached hydrogen (secondary N) is 1. The lowest BCUT2D eigenvalue weighted by atomic mass is 10.2. The Morgan fingerprint density at radius 1 is 1.23 bits per heavy atom. The highest BCUT2D eigenvalue weighted by molar-refractivity contribution is 7.14. The van der Waals surface area contributed by atoms with Gasteiger partial charge in [-0.1, -0.05) is 11.6 Å². The molecule has 1 amide bonds. The fourth-order valence-electron chi connectivity index (χ4n) is 2.36. The molecule has 1 N–H and O–H groups in total. The van der Waals surface area contributed by atoms with Gasteiger partial charge >= 0.3 is 5.97 Å². The van der Waals surface area contributed by atoms with Gasteiger partial charge in [-0.15, -0.1) is 11.3 Å². The lowest BCUT2D eigenvalue weighted by Gasteiger charge is -2.06. The van der Waals surface area contributed by atoms with Crippen molar-refractivity contribution < 1.29 is 14.3 Å². The third-order valence-corrected chi connectivity index (χ3v) is 4.88. The molecule has 1 aliphatic carbocycles. The molecule has 0 unspecified atom stereocenters. The molecule has 114 valence electrons. The van der Waals surface area contributed by atoms with Gasteiger partial charge in [-0.25, -0.2) is 4.79 Å². The first-order chi connectivity index (χ1) is 10.6. The number of halogens is 1. The molecule has 0 aliphatic heterocycles. The molecule has 3 rings (SSSR count). The first kappa shape index (κ1) is 15.1. The van der Waals surface area contributed by atoms with E-state index in [0.717, 1.165) is 19.3 Å². The number of fused-ring (bicyclic) bond motifs is 1. The van der Waals surface area contributed by atoms with Gasteiger partial charge in [-0.05, 0) is 55.2 Å². The fourth-order valence-corrected chi connectivity index (χ4v) is 3.64. The lowest BCUT2D eigenvalue weighted by molar-refractivity contribution is -0.119. The highest BCUT2D eigenvalue weighted by Gasteiger charge is 2.19. The van der Waals surface area contributed by atoms with Crippen LogP contribution < -0.4 is 5.32 Å². The van der Waals surface area contributed by atoms with Gasteiger partial charge in [0.1, 0.15) is 4.88 Å². The van der Waals surface area contributed by atoms with Crippen LogP contribution in [0.5, 0.6) is 0 Å². The number of esters is 1. The number of anilines is 1. The van der Waals surface area contributed by atoms with E-state index in [9.17, 15) is 9.59 Å². The second kappa shape index (κ2) is 6.50. The van der Waals surface area contributed by atoms with Crippen molar-refractivity contribution in [2.75, 3.05) is 11.9 Å². The van der Waals surface area contributed by atoms with Crippen molar-refractivity contribution in [3.05, 3.63) is 50.7 Å². The summed E-state index contributed by atoms with van der Waals surface area (Å²) in [6.45, 7) is -0.302. The summed E-state index contributed by atoms with van der Waals surface area (Å²) in [5, 5.41) is 3.24. The number of ether oxygens (including phenoxy) is 1. The Kier molecular flexibility index (Phi) is 4.45. The van der Waals surface area contributed by atoms with E-state index >= 15 is 0 Å². The first-order valence-corrected chi connectivity index (χ1v) is 8.15. The molecule has 1 aromatic heterocycles. The molecule has 0 saturated heterocycles. The molecular formula is C16H14ClNO3S. The molecule has 2 aromatic rings. The number of thiophene rings is 1.